The molecule has 2 aromatic carbocycles. The van der Waals surface area contributed by atoms with Crippen LogP contribution in [0.3, 0.4) is 0 Å². The lowest BCUT2D eigenvalue weighted by atomic mass is 10.1. The first kappa shape index (κ1) is 17.0. The van der Waals surface area contributed by atoms with Gasteiger partial charge in [-0.2, -0.15) is 5.11 Å². The fraction of sp³-hybridized carbons (Fsp3) is 0.125. The van der Waals surface area contributed by atoms with Crippen LogP contribution < -0.4 is 0 Å². The lowest BCUT2D eigenvalue weighted by Crippen LogP contribution is -1.92. The molecule has 1 heterocycles. The van der Waals surface area contributed by atoms with Crippen LogP contribution in [0.5, 0.6) is 5.88 Å². The van der Waals surface area contributed by atoms with E-state index in [2.05, 4.69) is 10.2 Å². The lowest BCUT2D eigenvalue weighted by molar-refractivity contribution is -0.385. The summed E-state index contributed by atoms with van der Waals surface area (Å²) in [6.45, 7) is 1.70. The maximum atomic E-state index is 11.1. The number of aryl methyl sites for hydroxylation is 2. The summed E-state index contributed by atoms with van der Waals surface area (Å²) in [4.78, 5) is 20.7. The summed E-state index contributed by atoms with van der Waals surface area (Å²) < 4.78 is 1.47. The Balaban J connectivity index is 2.10. The fourth-order valence-corrected chi connectivity index (χ4v) is 2.72. The molecule has 0 saturated carbocycles. The van der Waals surface area contributed by atoms with Gasteiger partial charge >= 0.3 is 0 Å². The average Bonchev–Trinajstić information content (AvgIpc) is 2.84. The zero-order valence-corrected chi connectivity index (χ0v) is 13.8. The number of nitro benzene ring substituents is 2. The number of aromatic hydroxyl groups is 1. The van der Waals surface area contributed by atoms with Gasteiger partial charge in [0.2, 0.25) is 5.88 Å². The summed E-state index contributed by atoms with van der Waals surface area (Å²) in [7, 11) is 1.61. The van der Waals surface area contributed by atoms with Gasteiger partial charge in [0, 0.05) is 36.7 Å². The zero-order chi connectivity index (χ0) is 19.0. The van der Waals surface area contributed by atoms with Crippen molar-refractivity contribution in [2.75, 3.05) is 0 Å². The Morgan fingerprint density at radius 3 is 2.19 bits per heavy atom. The molecule has 0 aliphatic rings. The van der Waals surface area contributed by atoms with E-state index in [1.54, 1.807) is 14.0 Å². The van der Waals surface area contributed by atoms with Gasteiger partial charge in [0.15, 0.2) is 5.69 Å². The topological polar surface area (TPSA) is 136 Å². The molecule has 1 N–H and O–H groups in total. The molecule has 26 heavy (non-hydrogen) atoms. The summed E-state index contributed by atoms with van der Waals surface area (Å²) in [5, 5.41) is 40.4. The predicted molar refractivity (Wildman–Crippen MR) is 93.2 cm³/mol. The van der Waals surface area contributed by atoms with E-state index in [1.807, 2.05) is 0 Å². The first-order valence-corrected chi connectivity index (χ1v) is 7.42. The molecule has 0 radical (unpaired) electrons. The first-order valence-electron chi connectivity index (χ1n) is 7.42. The van der Waals surface area contributed by atoms with Crippen LogP contribution in [0.15, 0.2) is 46.6 Å². The standard InChI is InChI=1S/C16H13N5O5/c1-9-7-12(21(25)26)8-13-14(16(22)19(2)15(9)13)18-17-10-3-5-11(6-4-10)20(23)24/h3-8,22H,1-2H3. The van der Waals surface area contributed by atoms with Gasteiger partial charge in [-0.15, -0.1) is 5.11 Å². The molecule has 0 atom stereocenters. The highest BCUT2D eigenvalue weighted by Gasteiger charge is 2.20. The van der Waals surface area contributed by atoms with Crippen molar-refractivity contribution in [3.05, 3.63) is 62.2 Å². The van der Waals surface area contributed by atoms with E-state index in [0.717, 1.165) is 0 Å². The summed E-state index contributed by atoms with van der Waals surface area (Å²) in [6.07, 6.45) is 0. The number of non-ortho nitro benzene ring substituents is 2. The number of hydrogen-bond acceptors (Lipinski definition) is 7. The van der Waals surface area contributed by atoms with E-state index in [9.17, 15) is 25.3 Å². The normalized spacial score (nSPS) is 11.3. The molecule has 0 fully saturated rings. The van der Waals surface area contributed by atoms with Crippen molar-refractivity contribution in [3.63, 3.8) is 0 Å². The van der Waals surface area contributed by atoms with Gasteiger partial charge in [-0.1, -0.05) is 0 Å². The molecule has 0 spiro atoms. The number of hydrogen-bond donors (Lipinski definition) is 1. The highest BCUT2D eigenvalue weighted by atomic mass is 16.6. The van der Waals surface area contributed by atoms with Gasteiger partial charge in [-0.3, -0.25) is 20.2 Å². The molecule has 0 amide bonds. The van der Waals surface area contributed by atoms with Gasteiger partial charge in [-0.05, 0) is 24.6 Å². The fourth-order valence-electron chi connectivity index (χ4n) is 2.72. The molecule has 0 saturated heterocycles. The number of azo groups is 1. The van der Waals surface area contributed by atoms with Crippen LogP contribution in [-0.4, -0.2) is 19.5 Å². The van der Waals surface area contributed by atoms with E-state index in [1.165, 1.54) is 41.0 Å². The van der Waals surface area contributed by atoms with Crippen molar-refractivity contribution in [2.24, 2.45) is 17.3 Å². The Kier molecular flexibility index (Phi) is 4.08. The molecular formula is C16H13N5O5. The van der Waals surface area contributed by atoms with Crippen LogP contribution >= 0.6 is 0 Å². The van der Waals surface area contributed by atoms with E-state index in [0.29, 0.717) is 22.2 Å². The monoisotopic (exact) mass is 355 g/mol. The van der Waals surface area contributed by atoms with Gasteiger partial charge in [-0.25, -0.2) is 0 Å². The van der Waals surface area contributed by atoms with E-state index >= 15 is 0 Å². The minimum absolute atomic E-state index is 0.0804. The molecule has 10 nitrogen and oxygen atoms in total. The molecule has 0 aliphatic carbocycles. The van der Waals surface area contributed by atoms with Crippen LogP contribution in [0.1, 0.15) is 5.56 Å². The highest BCUT2D eigenvalue weighted by molar-refractivity contribution is 5.98. The van der Waals surface area contributed by atoms with Gasteiger partial charge in [0.05, 0.1) is 21.1 Å². The highest BCUT2D eigenvalue weighted by Crippen LogP contribution is 2.41. The SMILES string of the molecule is Cc1cc([N+](=O)[O-])cc2c(N=Nc3ccc([N+](=O)[O-])cc3)c(O)n(C)c12. The summed E-state index contributed by atoms with van der Waals surface area (Å²) >= 11 is 0. The van der Waals surface area contributed by atoms with E-state index in [4.69, 9.17) is 0 Å². The van der Waals surface area contributed by atoms with Gasteiger partial charge in [0.1, 0.15) is 0 Å². The van der Waals surface area contributed by atoms with Crippen molar-refractivity contribution in [1.29, 1.82) is 0 Å². The van der Waals surface area contributed by atoms with E-state index < -0.39 is 9.85 Å². The number of nitro groups is 2. The number of rotatable bonds is 4. The molecule has 0 aliphatic heterocycles. The summed E-state index contributed by atoms with van der Waals surface area (Å²) in [5.74, 6) is -0.186. The van der Waals surface area contributed by atoms with Crippen LogP contribution in [0.4, 0.5) is 22.7 Å². The molecule has 3 aromatic rings. The maximum Gasteiger partial charge on any atom is 0.270 e. The number of fused-ring (bicyclic) bond motifs is 1. The van der Waals surface area contributed by atoms with Crippen LogP contribution in [0, 0.1) is 27.2 Å². The minimum Gasteiger partial charge on any atom is -0.493 e. The summed E-state index contributed by atoms with van der Waals surface area (Å²) in [6, 6.07) is 8.14. The number of aromatic nitrogens is 1. The Morgan fingerprint density at radius 1 is 1.00 bits per heavy atom. The third kappa shape index (κ3) is 2.83. The van der Waals surface area contributed by atoms with Crippen molar-refractivity contribution >= 4 is 33.7 Å². The van der Waals surface area contributed by atoms with Crippen molar-refractivity contribution in [3.8, 4) is 5.88 Å². The minimum atomic E-state index is -0.528. The van der Waals surface area contributed by atoms with Crippen molar-refractivity contribution in [2.45, 2.75) is 6.92 Å². The van der Waals surface area contributed by atoms with Crippen LogP contribution in [0.2, 0.25) is 0 Å². The largest absolute Gasteiger partial charge is 0.493 e. The molecule has 0 bridgehead atoms. The second-order valence-electron chi connectivity index (χ2n) is 5.62. The Hall–Kier alpha value is -3.82. The zero-order valence-electron chi connectivity index (χ0n) is 13.8. The Bertz CT molecular complexity index is 1070. The Morgan fingerprint density at radius 2 is 1.62 bits per heavy atom. The molecule has 1 aromatic heterocycles. The Labute approximate surface area is 146 Å². The quantitative estimate of drug-likeness (QED) is 0.419. The molecular weight excluding hydrogens is 342 g/mol. The summed E-state index contributed by atoms with van der Waals surface area (Å²) in [5.41, 5.74) is 1.45. The third-order valence-corrected chi connectivity index (χ3v) is 3.94. The first-order chi connectivity index (χ1) is 12.3. The van der Waals surface area contributed by atoms with Crippen molar-refractivity contribution in [1.82, 2.24) is 4.57 Å². The van der Waals surface area contributed by atoms with Crippen LogP contribution in [-0.2, 0) is 7.05 Å². The van der Waals surface area contributed by atoms with Gasteiger partial charge < -0.3 is 9.67 Å². The molecule has 0 unspecified atom stereocenters. The molecule has 10 heteroatoms. The second kappa shape index (κ2) is 6.24. The predicted octanol–water partition coefficient (Wildman–Crippen LogP) is 4.42. The lowest BCUT2D eigenvalue weighted by Gasteiger charge is -2.01. The average molecular weight is 355 g/mol. The third-order valence-electron chi connectivity index (χ3n) is 3.94. The van der Waals surface area contributed by atoms with E-state index in [-0.39, 0.29) is 22.9 Å². The number of benzene rings is 2. The van der Waals surface area contributed by atoms with Crippen molar-refractivity contribution < 1.29 is 15.0 Å². The maximum absolute atomic E-state index is 11.1. The van der Waals surface area contributed by atoms with Gasteiger partial charge in [0.25, 0.3) is 11.4 Å². The molecule has 132 valence electrons. The second-order valence-corrected chi connectivity index (χ2v) is 5.62. The number of nitrogens with zero attached hydrogens (tertiary/aromatic N) is 5. The smallest absolute Gasteiger partial charge is 0.270 e. The van der Waals surface area contributed by atoms with Crippen LogP contribution in [0.25, 0.3) is 10.9 Å². The molecule has 3 rings (SSSR count).